The van der Waals surface area contributed by atoms with Crippen molar-refractivity contribution >= 4 is 23.0 Å². The predicted octanol–water partition coefficient (Wildman–Crippen LogP) is 3.81. The van der Waals surface area contributed by atoms with Crippen molar-refractivity contribution in [2.45, 2.75) is 63.8 Å². The summed E-state index contributed by atoms with van der Waals surface area (Å²) in [5.41, 5.74) is 3.36. The van der Waals surface area contributed by atoms with Crippen molar-refractivity contribution in [2.24, 2.45) is 0 Å². The molecule has 1 fully saturated rings. The number of halogens is 3. The van der Waals surface area contributed by atoms with Crippen molar-refractivity contribution in [3.8, 4) is 17.5 Å². The number of hydrogen-bond acceptors (Lipinski definition) is 6. The molecule has 0 aromatic carbocycles. The van der Waals surface area contributed by atoms with Gasteiger partial charge in [0.1, 0.15) is 6.07 Å². The standard InChI is InChI=1S/C25H26F3N7O2/c1-14(2)32-20-10-21(22-8-7-18-9-15(11-29)12-31-35(18)22)30-13-19(20)23(36)33-16-3-5-17(6-4-16)34-24(37)25(26,27)28/h7-10,12-14,16-17H,3-6H2,1-2H3,(H,30,32)(H,33,36)(H,34,37). The number of amides is 2. The average Bonchev–Trinajstić information content (AvgIpc) is 3.27. The van der Waals surface area contributed by atoms with Crippen LogP contribution in [0.25, 0.3) is 16.9 Å². The normalized spacial score (nSPS) is 17.9. The van der Waals surface area contributed by atoms with Gasteiger partial charge in [-0.1, -0.05) is 0 Å². The number of nitriles is 1. The van der Waals surface area contributed by atoms with Crippen molar-refractivity contribution in [3.63, 3.8) is 0 Å². The molecular weight excluding hydrogens is 487 g/mol. The number of fused-ring (bicyclic) bond motifs is 1. The molecule has 0 saturated heterocycles. The van der Waals surface area contributed by atoms with Crippen LogP contribution in [0.5, 0.6) is 0 Å². The van der Waals surface area contributed by atoms with Crippen molar-refractivity contribution in [1.82, 2.24) is 25.2 Å². The van der Waals surface area contributed by atoms with Gasteiger partial charge < -0.3 is 16.0 Å². The van der Waals surface area contributed by atoms with Gasteiger partial charge in [0.05, 0.1) is 39.9 Å². The van der Waals surface area contributed by atoms with Crippen LogP contribution < -0.4 is 16.0 Å². The summed E-state index contributed by atoms with van der Waals surface area (Å²) in [5, 5.41) is 21.7. The van der Waals surface area contributed by atoms with Gasteiger partial charge in [0.2, 0.25) is 0 Å². The molecule has 12 heteroatoms. The number of nitrogens with one attached hydrogen (secondary N) is 3. The Morgan fingerprint density at radius 1 is 1.08 bits per heavy atom. The maximum absolute atomic E-state index is 13.1. The molecule has 3 aromatic rings. The largest absolute Gasteiger partial charge is 0.471 e. The molecule has 1 aliphatic rings. The molecule has 194 valence electrons. The van der Waals surface area contributed by atoms with E-state index in [0.717, 1.165) is 5.52 Å². The Morgan fingerprint density at radius 3 is 2.38 bits per heavy atom. The lowest BCUT2D eigenvalue weighted by Crippen LogP contribution is -2.47. The Morgan fingerprint density at radius 2 is 1.76 bits per heavy atom. The molecule has 0 atom stereocenters. The molecule has 0 radical (unpaired) electrons. The zero-order chi connectivity index (χ0) is 26.7. The van der Waals surface area contributed by atoms with Crippen LogP contribution in [-0.2, 0) is 4.79 Å². The SMILES string of the molecule is CC(C)Nc1cc(-c2ccc3cc(C#N)cnn23)ncc1C(=O)NC1CCC(NC(=O)C(F)(F)F)CC1. The van der Waals surface area contributed by atoms with Crippen LogP contribution in [0.3, 0.4) is 0 Å². The van der Waals surface area contributed by atoms with Gasteiger partial charge in [0.25, 0.3) is 5.91 Å². The summed E-state index contributed by atoms with van der Waals surface area (Å²) in [7, 11) is 0. The van der Waals surface area contributed by atoms with Crippen LogP contribution in [0, 0.1) is 11.3 Å². The number of carbonyl (C=O) groups is 2. The highest BCUT2D eigenvalue weighted by Gasteiger charge is 2.40. The smallest absolute Gasteiger partial charge is 0.382 e. The Labute approximate surface area is 211 Å². The zero-order valence-corrected chi connectivity index (χ0v) is 20.3. The third-order valence-corrected chi connectivity index (χ3v) is 6.14. The Balaban J connectivity index is 1.48. The van der Waals surface area contributed by atoms with Crippen LogP contribution in [0.15, 0.2) is 36.7 Å². The number of rotatable bonds is 6. The van der Waals surface area contributed by atoms with Gasteiger partial charge in [-0.25, -0.2) is 4.52 Å². The summed E-state index contributed by atoms with van der Waals surface area (Å²) in [6.45, 7) is 3.88. The molecule has 3 aromatic heterocycles. The Kier molecular flexibility index (Phi) is 7.33. The van der Waals surface area contributed by atoms with E-state index in [9.17, 15) is 22.8 Å². The minimum atomic E-state index is -4.91. The number of pyridine rings is 1. The molecular formula is C25H26F3N7O2. The van der Waals surface area contributed by atoms with E-state index >= 15 is 0 Å². The van der Waals surface area contributed by atoms with Crippen molar-refractivity contribution in [3.05, 3.63) is 47.8 Å². The topological polar surface area (TPSA) is 124 Å². The molecule has 0 bridgehead atoms. The molecule has 1 saturated carbocycles. The van der Waals surface area contributed by atoms with E-state index in [4.69, 9.17) is 5.26 Å². The lowest BCUT2D eigenvalue weighted by Gasteiger charge is -2.30. The number of anilines is 1. The molecule has 3 heterocycles. The number of carbonyl (C=O) groups excluding carboxylic acids is 2. The maximum atomic E-state index is 13.1. The van der Waals surface area contributed by atoms with E-state index in [1.165, 1.54) is 12.4 Å². The molecule has 2 amide bonds. The van der Waals surface area contributed by atoms with Gasteiger partial charge in [-0.3, -0.25) is 14.6 Å². The molecule has 9 nitrogen and oxygen atoms in total. The summed E-state index contributed by atoms with van der Waals surface area (Å²) in [6.07, 6.45) is -0.403. The van der Waals surface area contributed by atoms with E-state index in [1.54, 1.807) is 16.6 Å². The summed E-state index contributed by atoms with van der Waals surface area (Å²) in [5.74, 6) is -2.28. The fraction of sp³-hybridized carbons (Fsp3) is 0.400. The molecule has 0 spiro atoms. The molecule has 37 heavy (non-hydrogen) atoms. The van der Waals surface area contributed by atoms with E-state index in [2.05, 4.69) is 26.8 Å². The predicted molar refractivity (Wildman–Crippen MR) is 130 cm³/mol. The van der Waals surface area contributed by atoms with E-state index in [0.29, 0.717) is 53.9 Å². The van der Waals surface area contributed by atoms with Gasteiger partial charge >= 0.3 is 12.1 Å². The van der Waals surface area contributed by atoms with Crippen LogP contribution in [-0.4, -0.2) is 50.7 Å². The molecule has 1 aliphatic carbocycles. The van der Waals surface area contributed by atoms with Crippen LogP contribution in [0.4, 0.5) is 18.9 Å². The molecule has 3 N–H and O–H groups in total. The summed E-state index contributed by atoms with van der Waals surface area (Å²) >= 11 is 0. The minimum Gasteiger partial charge on any atom is -0.382 e. The second-order valence-electron chi connectivity index (χ2n) is 9.32. The quantitative estimate of drug-likeness (QED) is 0.461. The molecule has 4 rings (SSSR count). The van der Waals surface area contributed by atoms with Crippen molar-refractivity contribution in [2.75, 3.05) is 5.32 Å². The highest BCUT2D eigenvalue weighted by Crippen LogP contribution is 2.27. The molecule has 0 unspecified atom stereocenters. The van der Waals surface area contributed by atoms with Gasteiger partial charge in [-0.15, -0.1) is 0 Å². The lowest BCUT2D eigenvalue weighted by molar-refractivity contribution is -0.174. The highest BCUT2D eigenvalue weighted by molar-refractivity contribution is 6.00. The minimum absolute atomic E-state index is 0.0230. The summed E-state index contributed by atoms with van der Waals surface area (Å²) in [4.78, 5) is 28.8. The first-order valence-corrected chi connectivity index (χ1v) is 11.9. The lowest BCUT2D eigenvalue weighted by atomic mass is 9.91. The Bertz CT molecular complexity index is 1350. The first-order valence-electron chi connectivity index (χ1n) is 11.9. The Hall–Kier alpha value is -4.14. The van der Waals surface area contributed by atoms with E-state index < -0.39 is 18.1 Å². The maximum Gasteiger partial charge on any atom is 0.471 e. The van der Waals surface area contributed by atoms with Crippen LogP contribution in [0.2, 0.25) is 0 Å². The first kappa shape index (κ1) is 25.9. The van der Waals surface area contributed by atoms with E-state index in [-0.39, 0.29) is 18.0 Å². The number of hydrogen-bond donors (Lipinski definition) is 3. The molecule has 0 aliphatic heterocycles. The van der Waals surface area contributed by atoms with Crippen LogP contribution in [0.1, 0.15) is 55.5 Å². The second kappa shape index (κ2) is 10.5. The number of aromatic nitrogens is 3. The first-order chi connectivity index (χ1) is 17.5. The summed E-state index contributed by atoms with van der Waals surface area (Å²) < 4.78 is 39.2. The van der Waals surface area contributed by atoms with Gasteiger partial charge in [0, 0.05) is 24.3 Å². The van der Waals surface area contributed by atoms with Gasteiger partial charge in [-0.2, -0.15) is 23.5 Å². The number of nitrogens with zero attached hydrogens (tertiary/aromatic N) is 4. The van der Waals surface area contributed by atoms with E-state index in [1.807, 2.05) is 31.3 Å². The van der Waals surface area contributed by atoms with Gasteiger partial charge in [0.15, 0.2) is 0 Å². The van der Waals surface area contributed by atoms with Crippen LogP contribution >= 0.6 is 0 Å². The fourth-order valence-electron chi connectivity index (χ4n) is 4.37. The third-order valence-electron chi connectivity index (χ3n) is 6.14. The zero-order valence-electron chi connectivity index (χ0n) is 20.3. The number of alkyl halides is 3. The van der Waals surface area contributed by atoms with Crippen molar-refractivity contribution < 1.29 is 22.8 Å². The van der Waals surface area contributed by atoms with Crippen molar-refractivity contribution in [1.29, 1.82) is 5.26 Å². The second-order valence-corrected chi connectivity index (χ2v) is 9.32. The third kappa shape index (κ3) is 5.99. The monoisotopic (exact) mass is 513 g/mol. The highest BCUT2D eigenvalue weighted by atomic mass is 19.4. The average molecular weight is 514 g/mol. The van der Waals surface area contributed by atoms with Gasteiger partial charge in [-0.05, 0) is 63.8 Å². The summed E-state index contributed by atoms with van der Waals surface area (Å²) in [6, 6.07) is 8.42. The fourth-order valence-corrected chi connectivity index (χ4v) is 4.37.